The first-order chi connectivity index (χ1) is 12.9. The predicted molar refractivity (Wildman–Crippen MR) is 85.0 cm³/mol. The fourth-order valence-corrected chi connectivity index (χ4v) is 2.31. The molecule has 5 nitrogen and oxygen atoms in total. The number of carbonyl (C=O) groups excluding carboxylic acids is 2. The van der Waals surface area contributed by atoms with Crippen molar-refractivity contribution in [2.45, 2.75) is 18.9 Å². The minimum Gasteiger partial charge on any atom is -0.351 e. The quantitative estimate of drug-likeness (QED) is 0.603. The molecule has 0 fully saturated rings. The summed E-state index contributed by atoms with van der Waals surface area (Å²) in [6, 6.07) is 6.40. The minimum atomic E-state index is -5.06. The molecule has 0 spiro atoms. The fraction of sp³-hybridized carbons (Fsp3) is 0.176. The van der Waals surface area contributed by atoms with Gasteiger partial charge >= 0.3 is 24.4 Å². The number of alkyl halides is 6. The molecule has 2 aromatic carbocycles. The molecule has 4 amide bonds. The molecular weight excluding hydrogens is 392 g/mol. The summed E-state index contributed by atoms with van der Waals surface area (Å²) in [4.78, 5) is 24.3. The van der Waals surface area contributed by atoms with Crippen LogP contribution in [0.4, 0.5) is 41.6 Å². The number of imide groups is 1. The molecular formula is C17H14F6N3O2+. The summed E-state index contributed by atoms with van der Waals surface area (Å²) in [5.74, 6) is 0. The number of carbonyl (C=O) groups is 2. The van der Waals surface area contributed by atoms with Crippen LogP contribution in [0.2, 0.25) is 0 Å². The van der Waals surface area contributed by atoms with Crippen LogP contribution in [0.5, 0.6) is 0 Å². The standard InChI is InChI=1S/C17H13F6N3O2/c18-16(19,20)11-6-12(17(21,22)23)8-13(7-11)25-15(28)26(14(24)27)9-10-4-2-1-3-5-10/h1-8H,9H2,(H2,24,27)(H,25,28)/p+1. The number of amides is 4. The molecule has 0 radical (unpaired) electrons. The summed E-state index contributed by atoms with van der Waals surface area (Å²) in [6.45, 7) is -0.295. The van der Waals surface area contributed by atoms with Crippen LogP contribution < -0.4 is 11.1 Å². The highest BCUT2D eigenvalue weighted by Crippen LogP contribution is 2.36. The molecule has 28 heavy (non-hydrogen) atoms. The summed E-state index contributed by atoms with van der Waals surface area (Å²) in [6.07, 6.45) is -10.1. The van der Waals surface area contributed by atoms with Gasteiger partial charge in [-0.15, -0.1) is 0 Å². The lowest BCUT2D eigenvalue weighted by Gasteiger charge is -2.17. The summed E-state index contributed by atoms with van der Waals surface area (Å²) in [5, 5.41) is 0.498. The Morgan fingerprint density at radius 2 is 1.39 bits per heavy atom. The molecule has 2 rings (SSSR count). The summed E-state index contributed by atoms with van der Waals surface area (Å²) >= 11 is 0. The molecule has 0 aliphatic heterocycles. The molecule has 4 N–H and O–H groups in total. The van der Waals surface area contributed by atoms with Gasteiger partial charge in [-0.05, 0) is 11.6 Å². The molecule has 0 aromatic heterocycles. The van der Waals surface area contributed by atoms with Gasteiger partial charge in [0.2, 0.25) is 0 Å². The Kier molecular flexibility index (Phi) is 5.98. The molecule has 0 atom stereocenters. The van der Waals surface area contributed by atoms with Crippen molar-refractivity contribution in [1.82, 2.24) is 4.90 Å². The van der Waals surface area contributed by atoms with Gasteiger partial charge in [-0.3, -0.25) is 0 Å². The van der Waals surface area contributed by atoms with Crippen molar-refractivity contribution in [1.29, 1.82) is 0 Å². The maximum absolute atomic E-state index is 12.9. The summed E-state index contributed by atoms with van der Waals surface area (Å²) < 4.78 is 77.4. The SMILES string of the molecule is NC(=O)N(Cc1ccccc1)C(=O)[NH2+]c1cc(C(F)(F)F)cc(C(F)(F)F)c1. The number of urea groups is 2. The Labute approximate surface area is 154 Å². The Hall–Kier alpha value is -3.08. The number of quaternary nitrogens is 1. The highest BCUT2D eigenvalue weighted by Gasteiger charge is 2.38. The van der Waals surface area contributed by atoms with E-state index in [0.717, 1.165) is 0 Å². The highest BCUT2D eigenvalue weighted by atomic mass is 19.4. The van der Waals surface area contributed by atoms with Crippen LogP contribution in [0.1, 0.15) is 16.7 Å². The minimum absolute atomic E-state index is 0.0579. The van der Waals surface area contributed by atoms with Crippen LogP contribution in [-0.2, 0) is 18.9 Å². The highest BCUT2D eigenvalue weighted by molar-refractivity contribution is 5.88. The van der Waals surface area contributed by atoms with Crippen molar-refractivity contribution in [3.63, 3.8) is 0 Å². The Balaban J connectivity index is 2.33. The van der Waals surface area contributed by atoms with Gasteiger partial charge in [0.05, 0.1) is 17.7 Å². The first-order valence-electron chi connectivity index (χ1n) is 7.67. The first-order valence-corrected chi connectivity index (χ1v) is 7.67. The molecule has 0 saturated heterocycles. The van der Waals surface area contributed by atoms with E-state index in [2.05, 4.69) is 0 Å². The van der Waals surface area contributed by atoms with E-state index < -0.39 is 41.2 Å². The maximum atomic E-state index is 12.9. The Bertz CT molecular complexity index is 833. The second-order valence-corrected chi connectivity index (χ2v) is 5.73. The molecule has 0 heterocycles. The second-order valence-electron chi connectivity index (χ2n) is 5.73. The van der Waals surface area contributed by atoms with Crippen LogP contribution in [0.3, 0.4) is 0 Å². The Morgan fingerprint density at radius 3 is 1.82 bits per heavy atom. The van der Waals surface area contributed by atoms with Gasteiger partial charge in [0, 0.05) is 12.1 Å². The van der Waals surface area contributed by atoms with Crippen LogP contribution in [0, 0.1) is 0 Å². The van der Waals surface area contributed by atoms with Crippen LogP contribution in [-0.4, -0.2) is 17.0 Å². The van der Waals surface area contributed by atoms with E-state index in [0.29, 0.717) is 27.9 Å². The third-order valence-electron chi connectivity index (χ3n) is 3.62. The van der Waals surface area contributed by atoms with Gasteiger partial charge < -0.3 is 5.73 Å². The maximum Gasteiger partial charge on any atom is 0.429 e. The van der Waals surface area contributed by atoms with Gasteiger partial charge in [0.1, 0.15) is 5.69 Å². The van der Waals surface area contributed by atoms with E-state index in [-0.39, 0.29) is 12.6 Å². The number of rotatable bonds is 3. The number of hydrogen-bond donors (Lipinski definition) is 2. The van der Waals surface area contributed by atoms with Gasteiger partial charge in [-0.1, -0.05) is 30.3 Å². The molecule has 0 saturated carbocycles. The van der Waals surface area contributed by atoms with Crippen LogP contribution in [0.25, 0.3) is 0 Å². The third-order valence-corrected chi connectivity index (χ3v) is 3.62. The van der Waals surface area contributed by atoms with Crippen molar-refractivity contribution < 1.29 is 41.2 Å². The van der Waals surface area contributed by atoms with Crippen molar-refractivity contribution in [2.75, 3.05) is 0 Å². The lowest BCUT2D eigenvalue weighted by molar-refractivity contribution is -0.471. The van der Waals surface area contributed by atoms with E-state index in [1.165, 1.54) is 0 Å². The number of benzene rings is 2. The molecule has 0 bridgehead atoms. The van der Waals surface area contributed by atoms with Crippen molar-refractivity contribution in [2.24, 2.45) is 5.73 Å². The van der Waals surface area contributed by atoms with Crippen molar-refractivity contribution >= 4 is 17.7 Å². The van der Waals surface area contributed by atoms with Crippen LogP contribution >= 0.6 is 0 Å². The zero-order valence-electron chi connectivity index (χ0n) is 14.0. The largest absolute Gasteiger partial charge is 0.429 e. The monoisotopic (exact) mass is 406 g/mol. The van der Waals surface area contributed by atoms with E-state index in [1.54, 1.807) is 30.3 Å². The molecule has 150 valence electrons. The van der Waals surface area contributed by atoms with E-state index in [4.69, 9.17) is 5.73 Å². The normalized spacial score (nSPS) is 11.9. The fourth-order valence-electron chi connectivity index (χ4n) is 2.31. The molecule has 0 aliphatic carbocycles. The smallest absolute Gasteiger partial charge is 0.351 e. The zero-order valence-corrected chi connectivity index (χ0v) is 14.0. The first kappa shape index (κ1) is 21.2. The van der Waals surface area contributed by atoms with Crippen LogP contribution in [0.15, 0.2) is 48.5 Å². The average Bonchev–Trinajstić information content (AvgIpc) is 2.58. The number of nitrogens with zero attached hydrogens (tertiary/aromatic N) is 1. The number of hydrogen-bond acceptors (Lipinski definition) is 2. The van der Waals surface area contributed by atoms with E-state index in [1.807, 2.05) is 0 Å². The van der Waals surface area contributed by atoms with Gasteiger partial charge in [0.15, 0.2) is 0 Å². The lowest BCUT2D eigenvalue weighted by Crippen LogP contribution is -2.86. The number of halogens is 6. The van der Waals surface area contributed by atoms with E-state index >= 15 is 0 Å². The molecule has 0 unspecified atom stereocenters. The number of nitrogens with two attached hydrogens (primary N) is 2. The lowest BCUT2D eigenvalue weighted by atomic mass is 10.1. The number of primary amides is 2. The van der Waals surface area contributed by atoms with Gasteiger partial charge in [-0.25, -0.2) is 19.8 Å². The average molecular weight is 406 g/mol. The van der Waals surface area contributed by atoms with E-state index in [9.17, 15) is 35.9 Å². The topological polar surface area (TPSA) is 80.0 Å². The summed E-state index contributed by atoms with van der Waals surface area (Å²) in [7, 11) is 0. The molecule has 2 aromatic rings. The van der Waals surface area contributed by atoms with Gasteiger partial charge in [0.25, 0.3) is 0 Å². The zero-order chi connectivity index (χ0) is 21.1. The third kappa shape index (κ3) is 5.46. The Morgan fingerprint density at radius 1 is 0.893 bits per heavy atom. The van der Waals surface area contributed by atoms with Gasteiger partial charge in [-0.2, -0.15) is 26.3 Å². The van der Waals surface area contributed by atoms with Crippen molar-refractivity contribution in [3.8, 4) is 0 Å². The predicted octanol–water partition coefficient (Wildman–Crippen LogP) is 3.62. The summed E-state index contributed by atoms with van der Waals surface area (Å²) in [5.41, 5.74) is 1.80. The van der Waals surface area contributed by atoms with Crippen molar-refractivity contribution in [3.05, 3.63) is 65.2 Å². The molecule has 11 heteroatoms. The molecule has 0 aliphatic rings. The second kappa shape index (κ2) is 7.89.